The van der Waals surface area contributed by atoms with Gasteiger partial charge in [0.25, 0.3) is 0 Å². The van der Waals surface area contributed by atoms with E-state index < -0.39 is 0 Å². The van der Waals surface area contributed by atoms with Crippen LogP contribution >= 0.6 is 0 Å². The predicted molar refractivity (Wildman–Crippen MR) is 104 cm³/mol. The van der Waals surface area contributed by atoms with Crippen LogP contribution < -0.4 is 10.1 Å². The number of carbonyl (C=O) groups excluding carboxylic acids is 1. The molecule has 1 N–H and O–H groups in total. The minimum Gasteiger partial charge on any atom is -0.490 e. The first kappa shape index (κ1) is 17.8. The Morgan fingerprint density at radius 1 is 1.30 bits per heavy atom. The van der Waals surface area contributed by atoms with E-state index in [9.17, 15) is 4.79 Å². The van der Waals surface area contributed by atoms with Crippen LogP contribution in [-0.2, 0) is 17.6 Å². The van der Waals surface area contributed by atoms with Crippen LogP contribution in [0.2, 0.25) is 0 Å². The SMILES string of the molecule is C[C@@H]1Cc2cc(-c3cc(CC(=O)NCCC4=CCCCC4)no3)ccc2O1. The number of hydrogen-bond donors (Lipinski definition) is 1. The lowest BCUT2D eigenvalue weighted by molar-refractivity contribution is -0.120. The van der Waals surface area contributed by atoms with Crippen LogP contribution in [0.3, 0.4) is 0 Å². The molecule has 27 heavy (non-hydrogen) atoms. The number of rotatable bonds is 6. The Balaban J connectivity index is 1.31. The standard InChI is InChI=1S/C22H26N2O3/c1-15-11-18-12-17(7-8-20(18)26-15)21-13-19(24-27-21)14-22(25)23-10-9-16-5-3-2-4-6-16/h5,7-8,12-13,15H,2-4,6,9-11,14H2,1H3,(H,23,25)/t15-/m1/s1. The van der Waals surface area contributed by atoms with Crippen LogP contribution in [0.25, 0.3) is 11.3 Å². The molecule has 1 aromatic heterocycles. The predicted octanol–water partition coefficient (Wildman–Crippen LogP) is 4.21. The Hall–Kier alpha value is -2.56. The third-order valence-electron chi connectivity index (χ3n) is 5.23. The number of nitrogens with zero attached hydrogens (tertiary/aromatic N) is 1. The molecule has 0 bridgehead atoms. The maximum absolute atomic E-state index is 12.2. The van der Waals surface area contributed by atoms with Gasteiger partial charge in [0.2, 0.25) is 5.91 Å². The summed E-state index contributed by atoms with van der Waals surface area (Å²) in [7, 11) is 0. The molecule has 2 aliphatic rings. The Kier molecular flexibility index (Phi) is 5.28. The van der Waals surface area contributed by atoms with Crippen molar-refractivity contribution in [3.05, 3.63) is 47.2 Å². The van der Waals surface area contributed by atoms with Gasteiger partial charge in [-0.1, -0.05) is 16.8 Å². The molecule has 0 spiro atoms. The smallest absolute Gasteiger partial charge is 0.226 e. The fourth-order valence-electron chi connectivity index (χ4n) is 3.83. The summed E-state index contributed by atoms with van der Waals surface area (Å²) in [6.45, 7) is 2.76. The van der Waals surface area contributed by atoms with E-state index in [1.807, 2.05) is 18.2 Å². The molecule has 1 aliphatic carbocycles. The highest BCUT2D eigenvalue weighted by atomic mass is 16.5. The minimum absolute atomic E-state index is 0.0116. The van der Waals surface area contributed by atoms with Gasteiger partial charge in [-0.15, -0.1) is 0 Å². The van der Waals surface area contributed by atoms with Gasteiger partial charge in [-0.05, 0) is 62.8 Å². The van der Waals surface area contributed by atoms with Crippen molar-refractivity contribution < 1.29 is 14.1 Å². The summed E-state index contributed by atoms with van der Waals surface area (Å²) < 4.78 is 11.2. The van der Waals surface area contributed by atoms with Gasteiger partial charge in [0.15, 0.2) is 5.76 Å². The number of aromatic nitrogens is 1. The molecule has 5 heteroatoms. The van der Waals surface area contributed by atoms with Crippen molar-refractivity contribution in [2.45, 2.75) is 58.0 Å². The van der Waals surface area contributed by atoms with Gasteiger partial charge in [-0.3, -0.25) is 4.79 Å². The molecule has 0 saturated heterocycles. The molecule has 0 radical (unpaired) electrons. The molecule has 1 aliphatic heterocycles. The average molecular weight is 366 g/mol. The first-order valence-electron chi connectivity index (χ1n) is 9.87. The monoisotopic (exact) mass is 366 g/mol. The molecule has 2 heterocycles. The summed E-state index contributed by atoms with van der Waals surface area (Å²) in [5.41, 5.74) is 4.28. The third kappa shape index (κ3) is 4.41. The van der Waals surface area contributed by atoms with E-state index in [1.165, 1.54) is 36.8 Å². The van der Waals surface area contributed by atoms with Crippen molar-refractivity contribution in [1.29, 1.82) is 0 Å². The molecular formula is C22H26N2O3. The zero-order valence-electron chi connectivity index (χ0n) is 15.8. The highest BCUT2D eigenvalue weighted by molar-refractivity contribution is 5.78. The van der Waals surface area contributed by atoms with Crippen LogP contribution in [0.1, 0.15) is 50.3 Å². The Bertz CT molecular complexity index is 853. The summed E-state index contributed by atoms with van der Waals surface area (Å²) >= 11 is 0. The lowest BCUT2D eigenvalue weighted by Gasteiger charge is -2.12. The number of ether oxygens (including phenoxy) is 1. The largest absolute Gasteiger partial charge is 0.490 e. The van der Waals surface area contributed by atoms with E-state index in [1.54, 1.807) is 0 Å². The number of allylic oxidation sites excluding steroid dienone is 1. The number of hydrogen-bond acceptors (Lipinski definition) is 4. The second-order valence-corrected chi connectivity index (χ2v) is 7.52. The zero-order chi connectivity index (χ0) is 18.6. The molecule has 0 unspecified atom stereocenters. The van der Waals surface area contributed by atoms with Gasteiger partial charge in [0.05, 0.1) is 12.1 Å². The zero-order valence-corrected chi connectivity index (χ0v) is 15.8. The van der Waals surface area contributed by atoms with Crippen LogP contribution in [0.5, 0.6) is 5.75 Å². The van der Waals surface area contributed by atoms with Crippen molar-refractivity contribution in [2.24, 2.45) is 0 Å². The molecule has 0 fully saturated rings. The molecule has 1 atom stereocenters. The van der Waals surface area contributed by atoms with Crippen molar-refractivity contribution >= 4 is 5.91 Å². The molecule has 1 amide bonds. The maximum atomic E-state index is 12.2. The van der Waals surface area contributed by atoms with Crippen molar-refractivity contribution in [1.82, 2.24) is 10.5 Å². The molecule has 4 rings (SSSR count). The molecule has 142 valence electrons. The lowest BCUT2D eigenvalue weighted by atomic mass is 9.97. The van der Waals surface area contributed by atoms with Crippen molar-refractivity contribution in [3.63, 3.8) is 0 Å². The van der Waals surface area contributed by atoms with Gasteiger partial charge in [-0.2, -0.15) is 0 Å². The van der Waals surface area contributed by atoms with E-state index in [0.717, 1.165) is 24.2 Å². The van der Waals surface area contributed by atoms with Crippen LogP contribution in [0.4, 0.5) is 0 Å². The van der Waals surface area contributed by atoms with E-state index in [-0.39, 0.29) is 18.4 Å². The topological polar surface area (TPSA) is 64.4 Å². The Morgan fingerprint density at radius 3 is 3.07 bits per heavy atom. The maximum Gasteiger partial charge on any atom is 0.226 e. The lowest BCUT2D eigenvalue weighted by Crippen LogP contribution is -2.26. The first-order valence-corrected chi connectivity index (χ1v) is 9.87. The number of benzene rings is 1. The van der Waals surface area contributed by atoms with Crippen LogP contribution in [-0.4, -0.2) is 23.7 Å². The average Bonchev–Trinajstić information content (AvgIpc) is 3.27. The minimum atomic E-state index is -0.0116. The molecule has 5 nitrogen and oxygen atoms in total. The number of carbonyl (C=O) groups is 1. The fraction of sp³-hybridized carbons (Fsp3) is 0.455. The summed E-state index contributed by atoms with van der Waals surface area (Å²) in [4.78, 5) is 12.2. The second-order valence-electron chi connectivity index (χ2n) is 7.52. The molecule has 0 saturated carbocycles. The number of fused-ring (bicyclic) bond motifs is 1. The quantitative estimate of drug-likeness (QED) is 0.778. The molecule has 1 aromatic carbocycles. The van der Waals surface area contributed by atoms with E-state index in [4.69, 9.17) is 9.26 Å². The summed E-state index contributed by atoms with van der Waals surface area (Å²) in [6, 6.07) is 7.88. The third-order valence-corrected chi connectivity index (χ3v) is 5.23. The van der Waals surface area contributed by atoms with Gasteiger partial charge in [0, 0.05) is 24.6 Å². The Morgan fingerprint density at radius 2 is 2.22 bits per heavy atom. The number of nitrogens with one attached hydrogen (secondary N) is 1. The fourth-order valence-corrected chi connectivity index (χ4v) is 3.83. The molecular weight excluding hydrogens is 340 g/mol. The highest BCUT2D eigenvalue weighted by Crippen LogP contribution is 2.33. The first-order chi connectivity index (χ1) is 13.2. The van der Waals surface area contributed by atoms with Crippen LogP contribution in [0.15, 0.2) is 40.4 Å². The second kappa shape index (κ2) is 7.99. The normalized spacial score (nSPS) is 18.6. The van der Waals surface area contributed by atoms with Gasteiger partial charge in [0.1, 0.15) is 11.9 Å². The van der Waals surface area contributed by atoms with E-state index >= 15 is 0 Å². The molecule has 2 aromatic rings. The van der Waals surface area contributed by atoms with E-state index in [0.29, 0.717) is 18.0 Å². The number of amides is 1. The van der Waals surface area contributed by atoms with Gasteiger partial charge in [-0.25, -0.2) is 0 Å². The van der Waals surface area contributed by atoms with Gasteiger partial charge >= 0.3 is 0 Å². The van der Waals surface area contributed by atoms with Crippen molar-refractivity contribution in [3.8, 4) is 17.1 Å². The van der Waals surface area contributed by atoms with Crippen molar-refractivity contribution in [2.75, 3.05) is 6.54 Å². The van der Waals surface area contributed by atoms with E-state index in [2.05, 4.69) is 29.5 Å². The summed E-state index contributed by atoms with van der Waals surface area (Å²) in [6.07, 6.45) is 9.56. The Labute approximate surface area is 159 Å². The van der Waals surface area contributed by atoms with Gasteiger partial charge < -0.3 is 14.6 Å². The summed E-state index contributed by atoms with van der Waals surface area (Å²) in [5, 5.41) is 7.05. The summed E-state index contributed by atoms with van der Waals surface area (Å²) in [5.74, 6) is 1.62. The van der Waals surface area contributed by atoms with Crippen LogP contribution in [0, 0.1) is 0 Å². The highest BCUT2D eigenvalue weighted by Gasteiger charge is 2.20.